The van der Waals surface area contributed by atoms with Crippen LogP contribution in [0.1, 0.15) is 37.5 Å². The van der Waals surface area contributed by atoms with E-state index in [1.807, 2.05) is 37.3 Å². The largest absolute Gasteiger partial charge is 0.457 e. The van der Waals surface area contributed by atoms with Crippen LogP contribution in [-0.2, 0) is 11.3 Å². The molecule has 0 saturated carbocycles. The first-order chi connectivity index (χ1) is 13.4. The summed E-state index contributed by atoms with van der Waals surface area (Å²) in [6.07, 6.45) is 0. The Bertz CT molecular complexity index is 979. The number of benzene rings is 2. The highest BCUT2D eigenvalue weighted by Crippen LogP contribution is 2.20. The van der Waals surface area contributed by atoms with Crippen molar-refractivity contribution in [3.8, 4) is 0 Å². The molecule has 1 amide bonds. The van der Waals surface area contributed by atoms with Crippen molar-refractivity contribution >= 4 is 29.2 Å². The molecule has 0 spiro atoms. The highest BCUT2D eigenvalue weighted by Gasteiger charge is 2.17. The zero-order valence-corrected chi connectivity index (χ0v) is 16.3. The second kappa shape index (κ2) is 8.67. The van der Waals surface area contributed by atoms with E-state index in [1.54, 1.807) is 37.3 Å². The van der Waals surface area contributed by atoms with Gasteiger partial charge in [-0.15, -0.1) is 0 Å². The number of esters is 1. The number of carbonyl (C=O) groups excluding carboxylic acids is 2. The van der Waals surface area contributed by atoms with Gasteiger partial charge in [-0.3, -0.25) is 4.79 Å². The quantitative estimate of drug-likeness (QED) is 0.490. The smallest absolute Gasteiger partial charge is 0.341 e. The molecule has 3 rings (SSSR count). The van der Waals surface area contributed by atoms with E-state index < -0.39 is 5.97 Å². The van der Waals surface area contributed by atoms with Crippen molar-refractivity contribution in [1.29, 1.82) is 0 Å². The number of nitrogens with one attached hydrogen (secondary N) is 1. The Morgan fingerprint density at radius 3 is 2.36 bits per heavy atom. The molecule has 3 aromatic rings. The summed E-state index contributed by atoms with van der Waals surface area (Å²) in [5.41, 5.74) is 3.73. The van der Waals surface area contributed by atoms with Crippen molar-refractivity contribution in [2.45, 2.75) is 20.5 Å². The summed E-state index contributed by atoms with van der Waals surface area (Å²) >= 11 is 6.08. The third kappa shape index (κ3) is 4.75. The van der Waals surface area contributed by atoms with E-state index in [4.69, 9.17) is 16.3 Å². The number of aromatic nitrogens is 1. The van der Waals surface area contributed by atoms with Gasteiger partial charge in [0.25, 0.3) is 5.91 Å². The molecule has 0 saturated heterocycles. The van der Waals surface area contributed by atoms with E-state index >= 15 is 0 Å². The number of halogens is 1. The van der Waals surface area contributed by atoms with E-state index in [9.17, 15) is 9.59 Å². The number of amides is 1. The van der Waals surface area contributed by atoms with Crippen LogP contribution in [0.5, 0.6) is 0 Å². The minimum absolute atomic E-state index is 0.0725. The van der Waals surface area contributed by atoms with Crippen LogP contribution in [0.25, 0.3) is 0 Å². The molecule has 1 heterocycles. The lowest BCUT2D eigenvalue weighted by molar-refractivity contribution is 0.0471. The Kier molecular flexibility index (Phi) is 6.06. The minimum atomic E-state index is -0.527. The van der Waals surface area contributed by atoms with E-state index in [1.165, 1.54) is 0 Å². The lowest BCUT2D eigenvalue weighted by Gasteiger charge is -2.10. The van der Waals surface area contributed by atoms with Crippen LogP contribution in [0.15, 0.2) is 60.7 Å². The van der Waals surface area contributed by atoms with Crippen molar-refractivity contribution in [3.63, 3.8) is 0 Å². The zero-order valence-electron chi connectivity index (χ0n) is 15.5. The Morgan fingerprint density at radius 2 is 1.71 bits per heavy atom. The number of rotatable bonds is 5. The summed E-state index contributed by atoms with van der Waals surface area (Å²) in [5.74, 6) is -0.733. The molecule has 0 unspecified atom stereocenters. The molecule has 0 fully saturated rings. The second-order valence-corrected chi connectivity index (χ2v) is 6.70. The van der Waals surface area contributed by atoms with Gasteiger partial charge in [-0.05, 0) is 55.3 Å². The van der Waals surface area contributed by atoms with Gasteiger partial charge in [0.05, 0.1) is 5.56 Å². The minimum Gasteiger partial charge on any atom is -0.457 e. The van der Waals surface area contributed by atoms with Gasteiger partial charge in [0, 0.05) is 16.9 Å². The maximum absolute atomic E-state index is 12.3. The monoisotopic (exact) mass is 394 g/mol. The summed E-state index contributed by atoms with van der Waals surface area (Å²) in [4.78, 5) is 28.7. The first-order valence-corrected chi connectivity index (χ1v) is 9.08. The molecule has 142 valence electrons. The van der Waals surface area contributed by atoms with E-state index in [0.29, 0.717) is 5.56 Å². The number of pyridine rings is 1. The van der Waals surface area contributed by atoms with E-state index in [0.717, 1.165) is 22.5 Å². The second-order valence-electron chi connectivity index (χ2n) is 6.34. The first kappa shape index (κ1) is 19.6. The normalized spacial score (nSPS) is 10.4. The Morgan fingerprint density at radius 1 is 1.04 bits per heavy atom. The molecule has 6 heteroatoms. The molecular formula is C22H19ClN2O3. The van der Waals surface area contributed by atoms with Crippen molar-refractivity contribution < 1.29 is 14.3 Å². The van der Waals surface area contributed by atoms with Crippen molar-refractivity contribution in [2.24, 2.45) is 0 Å². The van der Waals surface area contributed by atoms with Gasteiger partial charge in [0.15, 0.2) is 0 Å². The van der Waals surface area contributed by atoms with Crippen LogP contribution in [0.2, 0.25) is 5.15 Å². The fourth-order valence-corrected chi connectivity index (χ4v) is 3.09. The average Bonchev–Trinajstić information content (AvgIpc) is 2.66. The lowest BCUT2D eigenvalue weighted by atomic mass is 10.1. The molecule has 0 atom stereocenters. The molecule has 1 aromatic heterocycles. The summed E-state index contributed by atoms with van der Waals surface area (Å²) in [7, 11) is 0. The molecule has 0 aliphatic heterocycles. The Labute approximate surface area is 168 Å². The third-order valence-electron chi connectivity index (χ3n) is 4.12. The summed E-state index contributed by atoms with van der Waals surface area (Å²) in [5, 5.41) is 2.96. The summed E-state index contributed by atoms with van der Waals surface area (Å²) in [6, 6.07) is 17.9. The highest BCUT2D eigenvalue weighted by atomic mass is 35.5. The summed E-state index contributed by atoms with van der Waals surface area (Å²) in [6.45, 7) is 3.67. The van der Waals surface area contributed by atoms with E-state index in [-0.39, 0.29) is 23.2 Å². The molecule has 0 bridgehead atoms. The van der Waals surface area contributed by atoms with Crippen molar-refractivity contribution in [3.05, 3.63) is 93.8 Å². The molecule has 5 nitrogen and oxygen atoms in total. The Balaban J connectivity index is 1.62. The molecule has 1 N–H and O–H groups in total. The van der Waals surface area contributed by atoms with Gasteiger partial charge in [-0.1, -0.05) is 41.9 Å². The predicted molar refractivity (Wildman–Crippen MR) is 109 cm³/mol. The maximum atomic E-state index is 12.3. The van der Waals surface area contributed by atoms with Gasteiger partial charge in [0.2, 0.25) is 0 Å². The van der Waals surface area contributed by atoms with Crippen LogP contribution < -0.4 is 5.32 Å². The molecular weight excluding hydrogens is 376 g/mol. The van der Waals surface area contributed by atoms with Gasteiger partial charge in [0.1, 0.15) is 11.8 Å². The number of hydrogen-bond donors (Lipinski definition) is 1. The number of nitrogens with zero attached hydrogens (tertiary/aromatic N) is 1. The third-order valence-corrected chi connectivity index (χ3v) is 4.40. The molecule has 0 radical (unpaired) electrons. The standard InChI is InChI=1S/C22H19ClN2O3/c1-14-12-15(2)24-20(23)19(14)22(27)28-13-16-8-10-17(11-9-16)21(26)25-18-6-4-3-5-7-18/h3-12H,13H2,1-2H3,(H,25,26). The van der Waals surface area contributed by atoms with Crippen LogP contribution in [0, 0.1) is 13.8 Å². The number of aryl methyl sites for hydroxylation is 2. The lowest BCUT2D eigenvalue weighted by Crippen LogP contribution is -2.12. The average molecular weight is 395 g/mol. The topological polar surface area (TPSA) is 68.3 Å². The number of hydrogen-bond acceptors (Lipinski definition) is 4. The fraction of sp³-hybridized carbons (Fsp3) is 0.136. The molecule has 0 aliphatic rings. The number of anilines is 1. The zero-order chi connectivity index (χ0) is 20.1. The predicted octanol–water partition coefficient (Wildman–Crippen LogP) is 4.96. The highest BCUT2D eigenvalue weighted by molar-refractivity contribution is 6.32. The van der Waals surface area contributed by atoms with Gasteiger partial charge >= 0.3 is 5.97 Å². The molecule has 0 aliphatic carbocycles. The maximum Gasteiger partial charge on any atom is 0.341 e. The van der Waals surface area contributed by atoms with Crippen LogP contribution in [0.3, 0.4) is 0 Å². The fourth-order valence-electron chi connectivity index (χ4n) is 2.73. The number of carbonyl (C=O) groups is 2. The SMILES string of the molecule is Cc1cc(C)c(C(=O)OCc2ccc(C(=O)Nc3ccccc3)cc2)c(Cl)n1. The van der Waals surface area contributed by atoms with Crippen LogP contribution in [-0.4, -0.2) is 16.9 Å². The van der Waals surface area contributed by atoms with Gasteiger partial charge in [-0.2, -0.15) is 0 Å². The van der Waals surface area contributed by atoms with Gasteiger partial charge < -0.3 is 10.1 Å². The Hall–Kier alpha value is -3.18. The number of ether oxygens (including phenoxy) is 1. The van der Waals surface area contributed by atoms with E-state index in [2.05, 4.69) is 10.3 Å². The van der Waals surface area contributed by atoms with Crippen molar-refractivity contribution in [1.82, 2.24) is 4.98 Å². The molecule has 2 aromatic carbocycles. The molecule has 28 heavy (non-hydrogen) atoms. The summed E-state index contributed by atoms with van der Waals surface area (Å²) < 4.78 is 5.35. The van der Waals surface area contributed by atoms with Gasteiger partial charge in [-0.25, -0.2) is 9.78 Å². The first-order valence-electron chi connectivity index (χ1n) is 8.70. The number of para-hydroxylation sites is 1. The van der Waals surface area contributed by atoms with Crippen LogP contribution >= 0.6 is 11.6 Å². The van der Waals surface area contributed by atoms with Crippen LogP contribution in [0.4, 0.5) is 5.69 Å². The van der Waals surface area contributed by atoms with Crippen molar-refractivity contribution in [2.75, 3.05) is 5.32 Å².